The van der Waals surface area contributed by atoms with Crippen LogP contribution in [0.4, 0.5) is 4.39 Å². The first kappa shape index (κ1) is 11.2. The van der Waals surface area contributed by atoms with Gasteiger partial charge in [-0.05, 0) is 25.0 Å². The lowest BCUT2D eigenvalue weighted by Gasteiger charge is -2.14. The van der Waals surface area contributed by atoms with Gasteiger partial charge in [0.1, 0.15) is 0 Å². The van der Waals surface area contributed by atoms with Crippen LogP contribution in [0.5, 0.6) is 5.75 Å². The first-order chi connectivity index (χ1) is 7.17. The second-order valence-electron chi connectivity index (χ2n) is 3.97. The smallest absolute Gasteiger partial charge is 0.173 e. The molecule has 1 aliphatic carbocycles. The molecule has 1 fully saturated rings. The van der Waals surface area contributed by atoms with Crippen molar-refractivity contribution < 1.29 is 9.13 Å². The summed E-state index contributed by atoms with van der Waals surface area (Å²) in [5.41, 5.74) is 0.200. The summed E-state index contributed by atoms with van der Waals surface area (Å²) in [6.45, 7) is 0.527. The average molecular weight is 294 g/mol. The molecule has 0 saturated heterocycles. The highest BCUT2D eigenvalue weighted by Crippen LogP contribution is 2.47. The molecule has 0 unspecified atom stereocenters. The quantitative estimate of drug-likeness (QED) is 0.762. The van der Waals surface area contributed by atoms with Gasteiger partial charge in [-0.15, -0.1) is 0 Å². The molecule has 2 rings (SSSR count). The van der Waals surface area contributed by atoms with Crippen LogP contribution in [0.25, 0.3) is 0 Å². The van der Waals surface area contributed by atoms with E-state index < -0.39 is 5.82 Å². The van der Waals surface area contributed by atoms with Crippen molar-refractivity contribution in [1.29, 1.82) is 0 Å². The first-order valence-electron chi connectivity index (χ1n) is 4.80. The zero-order valence-corrected chi connectivity index (χ0v) is 10.4. The Labute approximate surface area is 102 Å². The first-order valence-corrected chi connectivity index (χ1v) is 6.30. The summed E-state index contributed by atoms with van der Waals surface area (Å²) in [6.07, 6.45) is 2.26. The second-order valence-corrected chi connectivity index (χ2v) is 4.94. The lowest BCUT2D eigenvalue weighted by Crippen LogP contribution is -2.15. The number of benzene rings is 1. The molecule has 1 aromatic carbocycles. The van der Waals surface area contributed by atoms with Crippen LogP contribution in [0, 0.1) is 11.2 Å². The predicted molar refractivity (Wildman–Crippen MR) is 62.4 cm³/mol. The van der Waals surface area contributed by atoms with Crippen LogP contribution in [0.3, 0.4) is 0 Å². The van der Waals surface area contributed by atoms with Crippen molar-refractivity contribution in [2.24, 2.45) is 5.41 Å². The normalized spacial score (nSPS) is 17.5. The second kappa shape index (κ2) is 4.30. The Morgan fingerprint density at radius 3 is 2.73 bits per heavy atom. The van der Waals surface area contributed by atoms with Crippen molar-refractivity contribution in [2.45, 2.75) is 12.8 Å². The highest BCUT2D eigenvalue weighted by molar-refractivity contribution is 9.09. The molecule has 0 bridgehead atoms. The molecule has 15 heavy (non-hydrogen) atoms. The van der Waals surface area contributed by atoms with Gasteiger partial charge in [0.15, 0.2) is 11.6 Å². The lowest BCUT2D eigenvalue weighted by molar-refractivity contribution is 0.241. The fourth-order valence-corrected chi connectivity index (χ4v) is 2.28. The molecule has 0 heterocycles. The third-order valence-corrected chi connectivity index (χ3v) is 4.17. The maximum Gasteiger partial charge on any atom is 0.173 e. The van der Waals surface area contributed by atoms with E-state index in [1.807, 2.05) is 0 Å². The van der Waals surface area contributed by atoms with Crippen LogP contribution in [0.1, 0.15) is 12.8 Å². The number of alkyl halides is 1. The molecule has 0 aromatic heterocycles. The third-order valence-electron chi connectivity index (χ3n) is 2.68. The van der Waals surface area contributed by atoms with E-state index >= 15 is 0 Å². The highest BCUT2D eigenvalue weighted by atomic mass is 79.9. The number of ether oxygens (including phenoxy) is 1. The summed E-state index contributed by atoms with van der Waals surface area (Å²) in [7, 11) is 0. The molecular weight excluding hydrogens is 282 g/mol. The van der Waals surface area contributed by atoms with Crippen LogP contribution in [-0.2, 0) is 0 Å². The largest absolute Gasteiger partial charge is 0.488 e. The van der Waals surface area contributed by atoms with E-state index in [-0.39, 0.29) is 11.2 Å². The van der Waals surface area contributed by atoms with E-state index in [0.717, 1.165) is 18.2 Å². The maximum atomic E-state index is 13.3. The lowest BCUT2D eigenvalue weighted by atomic mass is 10.2. The monoisotopic (exact) mass is 292 g/mol. The van der Waals surface area contributed by atoms with E-state index in [4.69, 9.17) is 16.3 Å². The fraction of sp³-hybridized carbons (Fsp3) is 0.455. The van der Waals surface area contributed by atoms with Crippen LogP contribution < -0.4 is 4.74 Å². The minimum absolute atomic E-state index is 0.173. The Morgan fingerprint density at radius 2 is 2.20 bits per heavy atom. The van der Waals surface area contributed by atoms with E-state index in [2.05, 4.69) is 15.9 Å². The van der Waals surface area contributed by atoms with Gasteiger partial charge in [-0.3, -0.25) is 0 Å². The topological polar surface area (TPSA) is 9.23 Å². The van der Waals surface area contributed by atoms with Gasteiger partial charge in [0, 0.05) is 10.7 Å². The van der Waals surface area contributed by atoms with Crippen molar-refractivity contribution in [3.05, 3.63) is 29.0 Å². The molecule has 0 spiro atoms. The Hall–Kier alpha value is -0.280. The molecule has 1 aromatic rings. The zero-order chi connectivity index (χ0) is 10.9. The van der Waals surface area contributed by atoms with Crippen molar-refractivity contribution in [3.8, 4) is 5.75 Å². The molecule has 1 aliphatic rings. The number of hydrogen-bond donors (Lipinski definition) is 0. The molecule has 82 valence electrons. The van der Waals surface area contributed by atoms with E-state index in [9.17, 15) is 4.39 Å². The minimum atomic E-state index is -0.395. The van der Waals surface area contributed by atoms with Crippen LogP contribution in [0.2, 0.25) is 5.02 Å². The standard InChI is InChI=1S/C11H11BrClFO/c12-6-11(4-5-11)7-15-10-8(13)2-1-3-9(10)14/h1-3H,4-7H2. The predicted octanol–water partition coefficient (Wildman–Crippen LogP) is 4.03. The minimum Gasteiger partial charge on any atom is -0.488 e. The number of hydrogen-bond acceptors (Lipinski definition) is 1. The number of halogens is 3. The summed E-state index contributed by atoms with van der Waals surface area (Å²) in [4.78, 5) is 0. The van der Waals surface area contributed by atoms with Gasteiger partial charge in [0.05, 0.1) is 11.6 Å². The number of rotatable bonds is 4. The molecule has 0 N–H and O–H groups in total. The summed E-state index contributed by atoms with van der Waals surface area (Å²) in [6, 6.07) is 4.56. The summed E-state index contributed by atoms with van der Waals surface area (Å²) < 4.78 is 18.8. The third kappa shape index (κ3) is 2.45. The van der Waals surface area contributed by atoms with E-state index in [1.165, 1.54) is 6.07 Å². The molecule has 0 amide bonds. The van der Waals surface area contributed by atoms with Crippen molar-refractivity contribution in [3.63, 3.8) is 0 Å². The Balaban J connectivity index is 2.05. The highest BCUT2D eigenvalue weighted by Gasteiger charge is 2.42. The molecule has 1 nitrogen and oxygen atoms in total. The van der Waals surface area contributed by atoms with E-state index in [1.54, 1.807) is 12.1 Å². The summed E-state index contributed by atoms with van der Waals surface area (Å²) >= 11 is 9.28. The van der Waals surface area contributed by atoms with Gasteiger partial charge in [0.2, 0.25) is 0 Å². The van der Waals surface area contributed by atoms with Crippen molar-refractivity contribution in [2.75, 3.05) is 11.9 Å². The Kier molecular flexibility index (Phi) is 3.21. The molecule has 1 saturated carbocycles. The summed E-state index contributed by atoms with van der Waals surface area (Å²) in [5.74, 6) is -0.223. The Bertz CT molecular complexity index is 345. The number of para-hydroxylation sites is 1. The Morgan fingerprint density at radius 1 is 1.47 bits per heavy atom. The van der Waals surface area contributed by atoms with Crippen molar-refractivity contribution in [1.82, 2.24) is 0 Å². The van der Waals surface area contributed by atoms with Crippen LogP contribution in [-0.4, -0.2) is 11.9 Å². The molecular formula is C11H11BrClFO. The van der Waals surface area contributed by atoms with Gasteiger partial charge in [0.25, 0.3) is 0 Å². The summed E-state index contributed by atoms with van der Waals surface area (Å²) in [5, 5.41) is 1.23. The SMILES string of the molecule is Fc1cccc(Cl)c1OCC1(CBr)CC1. The maximum absolute atomic E-state index is 13.3. The van der Waals surface area contributed by atoms with E-state index in [0.29, 0.717) is 11.6 Å². The van der Waals surface area contributed by atoms with Gasteiger partial charge in [-0.1, -0.05) is 33.6 Å². The van der Waals surface area contributed by atoms with Crippen LogP contribution in [0.15, 0.2) is 18.2 Å². The molecule has 0 atom stereocenters. The van der Waals surface area contributed by atoms with Crippen molar-refractivity contribution >= 4 is 27.5 Å². The molecule has 0 aliphatic heterocycles. The zero-order valence-electron chi connectivity index (χ0n) is 8.10. The van der Waals surface area contributed by atoms with Gasteiger partial charge in [-0.25, -0.2) is 4.39 Å². The molecule has 0 radical (unpaired) electrons. The average Bonchev–Trinajstić information content (AvgIpc) is 2.98. The molecule has 4 heteroatoms. The van der Waals surface area contributed by atoms with Gasteiger partial charge < -0.3 is 4.74 Å². The van der Waals surface area contributed by atoms with Crippen LogP contribution >= 0.6 is 27.5 Å². The van der Waals surface area contributed by atoms with Gasteiger partial charge in [-0.2, -0.15) is 0 Å². The fourth-order valence-electron chi connectivity index (χ4n) is 1.34. The van der Waals surface area contributed by atoms with Gasteiger partial charge >= 0.3 is 0 Å².